The molecule has 1 fully saturated rings. The van der Waals surface area contributed by atoms with Crippen LogP contribution in [0.25, 0.3) is 0 Å². The molecule has 1 saturated heterocycles. The molecule has 0 spiro atoms. The molecule has 0 aromatic heterocycles. The molecule has 0 bridgehead atoms. The van der Waals surface area contributed by atoms with Gasteiger partial charge in [-0.05, 0) is 24.6 Å². The summed E-state index contributed by atoms with van der Waals surface area (Å²) in [5.41, 5.74) is 0.968. The number of nitrogens with one attached hydrogen (secondary N) is 1. The summed E-state index contributed by atoms with van der Waals surface area (Å²) in [6, 6.07) is 2.26. The van der Waals surface area contributed by atoms with E-state index in [9.17, 15) is 14.6 Å². The highest BCUT2D eigenvalue weighted by Gasteiger charge is 2.25. The van der Waals surface area contributed by atoms with Crippen molar-refractivity contribution in [3.05, 3.63) is 29.1 Å². The van der Waals surface area contributed by atoms with Crippen LogP contribution in [0.5, 0.6) is 5.75 Å². The van der Waals surface area contributed by atoms with Gasteiger partial charge in [0, 0.05) is 31.7 Å². The highest BCUT2D eigenvalue weighted by Crippen LogP contribution is 2.32. The minimum absolute atomic E-state index is 0.0778. The standard InChI is InChI=1S/C13H19FN2O2/c1-9-6-10(14)7-11(13(9)18)12(8-17)16-4-2-15-3-5-16/h6-7,12,15,17-18H,2-5,8H2,1H3/t12-/m0/s1. The van der Waals surface area contributed by atoms with Gasteiger partial charge in [-0.3, -0.25) is 4.90 Å². The number of hydrogen-bond donors (Lipinski definition) is 3. The molecule has 3 N–H and O–H groups in total. The van der Waals surface area contributed by atoms with E-state index < -0.39 is 0 Å². The van der Waals surface area contributed by atoms with Crippen LogP contribution in [0.2, 0.25) is 0 Å². The number of piperazine rings is 1. The Hall–Kier alpha value is -1.17. The summed E-state index contributed by atoms with van der Waals surface area (Å²) in [6.07, 6.45) is 0. The number of aromatic hydroxyl groups is 1. The first-order valence-electron chi connectivity index (χ1n) is 6.18. The number of aryl methyl sites for hydroxylation is 1. The lowest BCUT2D eigenvalue weighted by atomic mass is 10.0. The van der Waals surface area contributed by atoms with Crippen molar-refractivity contribution >= 4 is 0 Å². The fourth-order valence-electron chi connectivity index (χ4n) is 2.42. The first-order chi connectivity index (χ1) is 8.63. The van der Waals surface area contributed by atoms with Crippen LogP contribution in [0.3, 0.4) is 0 Å². The minimum Gasteiger partial charge on any atom is -0.507 e. The molecule has 0 amide bonds. The molecule has 1 heterocycles. The van der Waals surface area contributed by atoms with Gasteiger partial charge >= 0.3 is 0 Å². The quantitative estimate of drug-likeness (QED) is 0.746. The summed E-state index contributed by atoms with van der Waals surface area (Å²) in [5, 5.41) is 22.8. The maximum absolute atomic E-state index is 13.4. The second-order valence-electron chi connectivity index (χ2n) is 4.64. The van der Waals surface area contributed by atoms with Crippen molar-refractivity contribution in [2.24, 2.45) is 0 Å². The molecular weight excluding hydrogens is 235 g/mol. The summed E-state index contributed by atoms with van der Waals surface area (Å²) in [5.74, 6) is -0.303. The Bertz CT molecular complexity index is 420. The molecule has 0 radical (unpaired) electrons. The van der Waals surface area contributed by atoms with Gasteiger partial charge in [0.2, 0.25) is 0 Å². The van der Waals surface area contributed by atoms with Crippen molar-refractivity contribution in [2.75, 3.05) is 32.8 Å². The van der Waals surface area contributed by atoms with E-state index in [-0.39, 0.29) is 24.2 Å². The number of aliphatic hydroxyl groups is 1. The number of halogens is 1. The van der Waals surface area contributed by atoms with Gasteiger partial charge in [0.05, 0.1) is 12.6 Å². The molecule has 1 aromatic carbocycles. The molecule has 18 heavy (non-hydrogen) atoms. The van der Waals surface area contributed by atoms with E-state index in [2.05, 4.69) is 10.2 Å². The predicted octanol–water partition coefficient (Wildman–Crippen LogP) is 0.778. The third-order valence-electron chi connectivity index (χ3n) is 3.42. The van der Waals surface area contributed by atoms with Gasteiger partial charge in [-0.15, -0.1) is 0 Å². The Balaban J connectivity index is 2.31. The maximum atomic E-state index is 13.4. The van der Waals surface area contributed by atoms with Crippen LogP contribution in [0, 0.1) is 12.7 Å². The Morgan fingerprint density at radius 1 is 1.39 bits per heavy atom. The second-order valence-corrected chi connectivity index (χ2v) is 4.64. The van der Waals surface area contributed by atoms with Gasteiger partial charge in [0.1, 0.15) is 11.6 Å². The largest absolute Gasteiger partial charge is 0.507 e. The van der Waals surface area contributed by atoms with E-state index in [0.717, 1.165) is 26.2 Å². The summed E-state index contributed by atoms with van der Waals surface area (Å²) >= 11 is 0. The third-order valence-corrected chi connectivity index (χ3v) is 3.42. The highest BCUT2D eigenvalue weighted by atomic mass is 19.1. The number of hydrogen-bond acceptors (Lipinski definition) is 4. The number of aliphatic hydroxyl groups excluding tert-OH is 1. The zero-order chi connectivity index (χ0) is 13.1. The van der Waals surface area contributed by atoms with Crippen molar-refractivity contribution in [3.63, 3.8) is 0 Å². The van der Waals surface area contributed by atoms with E-state index in [4.69, 9.17) is 0 Å². The lowest BCUT2D eigenvalue weighted by molar-refractivity contribution is 0.108. The molecule has 0 saturated carbocycles. The summed E-state index contributed by atoms with van der Waals surface area (Å²) in [7, 11) is 0. The van der Waals surface area contributed by atoms with Crippen molar-refractivity contribution in [1.82, 2.24) is 10.2 Å². The fraction of sp³-hybridized carbons (Fsp3) is 0.538. The Morgan fingerprint density at radius 3 is 2.67 bits per heavy atom. The molecule has 100 valence electrons. The topological polar surface area (TPSA) is 55.7 Å². The molecule has 1 aromatic rings. The van der Waals surface area contributed by atoms with E-state index in [1.807, 2.05) is 0 Å². The molecular formula is C13H19FN2O2. The molecule has 0 unspecified atom stereocenters. The second kappa shape index (κ2) is 5.65. The molecule has 5 heteroatoms. The van der Waals surface area contributed by atoms with Crippen LogP contribution in [0.4, 0.5) is 4.39 Å². The Kier molecular flexibility index (Phi) is 4.16. The molecule has 1 aliphatic heterocycles. The zero-order valence-corrected chi connectivity index (χ0v) is 10.5. The summed E-state index contributed by atoms with van der Waals surface area (Å²) in [4.78, 5) is 2.06. The average Bonchev–Trinajstić information content (AvgIpc) is 2.37. The van der Waals surface area contributed by atoms with E-state index in [0.29, 0.717) is 11.1 Å². The van der Waals surface area contributed by atoms with E-state index in [1.54, 1.807) is 6.92 Å². The first kappa shape index (κ1) is 13.3. The van der Waals surface area contributed by atoms with Crippen LogP contribution in [0.15, 0.2) is 12.1 Å². The highest BCUT2D eigenvalue weighted by molar-refractivity contribution is 5.42. The van der Waals surface area contributed by atoms with Crippen LogP contribution >= 0.6 is 0 Å². The number of benzene rings is 1. The first-order valence-corrected chi connectivity index (χ1v) is 6.18. The van der Waals surface area contributed by atoms with Crippen molar-refractivity contribution < 1.29 is 14.6 Å². The van der Waals surface area contributed by atoms with Gasteiger partial charge in [-0.1, -0.05) is 0 Å². The zero-order valence-electron chi connectivity index (χ0n) is 10.5. The Morgan fingerprint density at radius 2 is 2.06 bits per heavy atom. The average molecular weight is 254 g/mol. The van der Waals surface area contributed by atoms with Gasteiger partial charge in [-0.25, -0.2) is 4.39 Å². The van der Waals surface area contributed by atoms with Gasteiger partial charge in [-0.2, -0.15) is 0 Å². The molecule has 1 aliphatic rings. The van der Waals surface area contributed by atoms with Gasteiger partial charge in [0.15, 0.2) is 0 Å². The van der Waals surface area contributed by atoms with E-state index in [1.165, 1.54) is 12.1 Å². The van der Waals surface area contributed by atoms with E-state index >= 15 is 0 Å². The van der Waals surface area contributed by atoms with Crippen molar-refractivity contribution in [3.8, 4) is 5.75 Å². The number of rotatable bonds is 3. The van der Waals surface area contributed by atoms with Crippen LogP contribution < -0.4 is 5.32 Å². The smallest absolute Gasteiger partial charge is 0.124 e. The number of nitrogens with zero attached hydrogens (tertiary/aromatic N) is 1. The minimum atomic E-state index is -0.381. The maximum Gasteiger partial charge on any atom is 0.124 e. The molecule has 1 atom stereocenters. The van der Waals surface area contributed by atoms with Gasteiger partial charge < -0.3 is 15.5 Å². The fourth-order valence-corrected chi connectivity index (χ4v) is 2.42. The van der Waals surface area contributed by atoms with Crippen molar-refractivity contribution in [2.45, 2.75) is 13.0 Å². The Labute approximate surface area is 106 Å². The summed E-state index contributed by atoms with van der Waals surface area (Å²) in [6.45, 7) is 4.77. The predicted molar refractivity (Wildman–Crippen MR) is 67.1 cm³/mol. The summed E-state index contributed by atoms with van der Waals surface area (Å²) < 4.78 is 13.4. The van der Waals surface area contributed by atoms with Crippen molar-refractivity contribution in [1.29, 1.82) is 0 Å². The van der Waals surface area contributed by atoms with Crippen LogP contribution in [-0.2, 0) is 0 Å². The normalized spacial score (nSPS) is 18.8. The lowest BCUT2D eigenvalue weighted by Crippen LogP contribution is -2.46. The number of phenols is 1. The third kappa shape index (κ3) is 2.63. The van der Waals surface area contributed by atoms with Crippen LogP contribution in [-0.4, -0.2) is 47.9 Å². The van der Waals surface area contributed by atoms with Gasteiger partial charge in [0.25, 0.3) is 0 Å². The molecule has 4 nitrogen and oxygen atoms in total. The monoisotopic (exact) mass is 254 g/mol. The molecule has 0 aliphatic carbocycles. The number of phenolic OH excluding ortho intramolecular Hbond substituents is 1. The SMILES string of the molecule is Cc1cc(F)cc([C@H](CO)N2CCNCC2)c1O. The molecule has 2 rings (SSSR count). The van der Waals surface area contributed by atoms with Crippen LogP contribution in [0.1, 0.15) is 17.2 Å². The lowest BCUT2D eigenvalue weighted by Gasteiger charge is -2.34.